The number of likely N-dealkylation sites (N-methyl/N-ethyl adjacent to an activating group) is 1. The van der Waals surface area contributed by atoms with Crippen molar-refractivity contribution < 1.29 is 32.2 Å². The Morgan fingerprint density at radius 1 is 1.12 bits per heavy atom. The normalized spacial score (nSPS) is 17.9. The Kier molecular flexibility index (Phi) is 9.14. The lowest BCUT2D eigenvalue weighted by Crippen LogP contribution is -2.50. The molecule has 1 aliphatic heterocycles. The lowest BCUT2D eigenvalue weighted by atomic mass is 9.99. The van der Waals surface area contributed by atoms with Crippen LogP contribution in [0.4, 0.5) is 20.6 Å². The number of sulfonamides is 1. The van der Waals surface area contributed by atoms with Crippen molar-refractivity contribution in [2.75, 3.05) is 36.8 Å². The highest BCUT2D eigenvalue weighted by molar-refractivity contribution is 7.92. The number of hydrogen-bond donors (Lipinski definition) is 3. The summed E-state index contributed by atoms with van der Waals surface area (Å²) in [5, 5.41) is 12.7. The number of rotatable bonds is 8. The van der Waals surface area contributed by atoms with E-state index >= 15 is 0 Å². The van der Waals surface area contributed by atoms with Crippen LogP contribution in [0.2, 0.25) is 0 Å². The van der Waals surface area contributed by atoms with Crippen LogP contribution in [-0.2, 0) is 10.0 Å². The van der Waals surface area contributed by atoms with Crippen LogP contribution < -0.4 is 14.8 Å². The fourth-order valence-electron chi connectivity index (χ4n) is 4.42. The molecule has 0 saturated carbocycles. The van der Waals surface area contributed by atoms with Crippen molar-refractivity contribution >= 4 is 33.3 Å². The summed E-state index contributed by atoms with van der Waals surface area (Å²) in [5.41, 5.74) is 0.842. The van der Waals surface area contributed by atoms with Crippen molar-refractivity contribution in [3.05, 3.63) is 84.2 Å². The molecule has 3 aromatic carbocycles. The molecule has 3 amide bonds. The van der Waals surface area contributed by atoms with Crippen molar-refractivity contribution in [3.8, 4) is 5.75 Å². The number of ether oxygens (including phenoxy) is 1. The largest absolute Gasteiger partial charge is 0.487 e. The summed E-state index contributed by atoms with van der Waals surface area (Å²) in [6.45, 7) is 3.74. The van der Waals surface area contributed by atoms with E-state index in [0.717, 1.165) is 24.3 Å². The Hall–Kier alpha value is -4.16. The highest BCUT2D eigenvalue weighted by Crippen LogP contribution is 2.31. The Bertz CT molecular complexity index is 1490. The number of hydrogen-bond acceptors (Lipinski definition) is 6. The van der Waals surface area contributed by atoms with Crippen molar-refractivity contribution in [2.45, 2.75) is 30.9 Å². The summed E-state index contributed by atoms with van der Waals surface area (Å²) < 4.78 is 47.8. The number of aliphatic hydroxyl groups excluding tert-OH is 1. The number of benzene rings is 3. The second-order valence-electron chi connectivity index (χ2n) is 10.1. The minimum atomic E-state index is -4.07. The number of urea groups is 1. The Balaban J connectivity index is 1.62. The maximum absolute atomic E-state index is 13.6. The molecule has 0 radical (unpaired) electrons. The number of carbonyl (C=O) groups excluding carboxylic acids is 2. The Morgan fingerprint density at radius 2 is 1.80 bits per heavy atom. The van der Waals surface area contributed by atoms with Gasteiger partial charge >= 0.3 is 6.03 Å². The summed E-state index contributed by atoms with van der Waals surface area (Å²) in [6, 6.07) is 16.8. The van der Waals surface area contributed by atoms with Gasteiger partial charge < -0.3 is 25.0 Å². The second-order valence-corrected chi connectivity index (χ2v) is 11.8. The first-order valence-electron chi connectivity index (χ1n) is 13.1. The van der Waals surface area contributed by atoms with Gasteiger partial charge in [0, 0.05) is 30.9 Å². The third-order valence-electron chi connectivity index (χ3n) is 6.87. The van der Waals surface area contributed by atoms with Gasteiger partial charge in [-0.05, 0) is 61.5 Å². The van der Waals surface area contributed by atoms with Gasteiger partial charge in [-0.3, -0.25) is 9.52 Å². The van der Waals surface area contributed by atoms with Crippen LogP contribution in [0.25, 0.3) is 0 Å². The molecule has 0 aromatic heterocycles. The van der Waals surface area contributed by atoms with Crippen LogP contribution >= 0.6 is 0 Å². The van der Waals surface area contributed by atoms with Gasteiger partial charge in [0.25, 0.3) is 15.9 Å². The Labute approximate surface area is 238 Å². The first-order valence-corrected chi connectivity index (χ1v) is 14.5. The lowest BCUT2D eigenvalue weighted by Gasteiger charge is -2.38. The molecule has 0 saturated heterocycles. The molecule has 4 rings (SSSR count). The average Bonchev–Trinajstić information content (AvgIpc) is 2.95. The van der Waals surface area contributed by atoms with E-state index in [1.54, 1.807) is 26.1 Å². The zero-order valence-corrected chi connectivity index (χ0v) is 23.8. The molecule has 0 fully saturated rings. The molecular weight excluding hydrogens is 551 g/mol. The Morgan fingerprint density at radius 3 is 2.46 bits per heavy atom. The molecule has 0 bridgehead atoms. The fraction of sp³-hybridized carbons (Fsp3) is 0.310. The zero-order valence-electron chi connectivity index (χ0n) is 23.0. The number of para-hydroxylation sites is 1. The number of amides is 3. The van der Waals surface area contributed by atoms with Crippen molar-refractivity contribution in [1.82, 2.24) is 9.80 Å². The molecule has 12 heteroatoms. The van der Waals surface area contributed by atoms with Crippen LogP contribution in [0.3, 0.4) is 0 Å². The number of anilines is 2. The zero-order chi connectivity index (χ0) is 29.7. The summed E-state index contributed by atoms with van der Waals surface area (Å²) >= 11 is 0. The third kappa shape index (κ3) is 7.14. The maximum Gasteiger partial charge on any atom is 0.321 e. The summed E-state index contributed by atoms with van der Waals surface area (Å²) in [5.74, 6) is -1.03. The van der Waals surface area contributed by atoms with Gasteiger partial charge in [0.15, 0.2) is 0 Å². The van der Waals surface area contributed by atoms with Crippen molar-refractivity contribution in [2.24, 2.45) is 5.92 Å². The lowest BCUT2D eigenvalue weighted by molar-refractivity contribution is 0.0371. The maximum atomic E-state index is 13.6. The van der Waals surface area contributed by atoms with E-state index in [-0.39, 0.29) is 53.5 Å². The molecule has 218 valence electrons. The molecule has 41 heavy (non-hydrogen) atoms. The topological polar surface area (TPSA) is 128 Å². The van der Waals surface area contributed by atoms with Crippen molar-refractivity contribution in [1.29, 1.82) is 0 Å². The molecule has 0 spiro atoms. The van der Waals surface area contributed by atoms with Crippen LogP contribution in [0.15, 0.2) is 77.7 Å². The van der Waals surface area contributed by atoms with Crippen molar-refractivity contribution in [3.63, 3.8) is 0 Å². The number of halogens is 1. The smallest absolute Gasteiger partial charge is 0.321 e. The molecular formula is C29H33FN4O6S. The van der Waals surface area contributed by atoms with Crippen LogP contribution in [0.1, 0.15) is 24.2 Å². The first kappa shape index (κ1) is 29.8. The minimum absolute atomic E-state index is 0.0953. The summed E-state index contributed by atoms with van der Waals surface area (Å²) in [4.78, 5) is 29.4. The molecule has 1 heterocycles. The molecule has 0 aliphatic carbocycles. The molecule has 3 N–H and O–H groups in total. The van der Waals surface area contributed by atoms with Gasteiger partial charge in [-0.15, -0.1) is 0 Å². The van der Waals surface area contributed by atoms with E-state index in [4.69, 9.17) is 4.74 Å². The number of nitrogens with one attached hydrogen (secondary N) is 2. The van der Waals surface area contributed by atoms with Gasteiger partial charge in [-0.25, -0.2) is 17.6 Å². The highest BCUT2D eigenvalue weighted by atomic mass is 32.2. The number of nitrogens with zero attached hydrogens (tertiary/aromatic N) is 2. The number of fused-ring (bicyclic) bond motifs is 1. The molecule has 1 aliphatic rings. The van der Waals surface area contributed by atoms with Gasteiger partial charge in [0.2, 0.25) is 0 Å². The van der Waals surface area contributed by atoms with E-state index in [9.17, 15) is 27.5 Å². The van der Waals surface area contributed by atoms with E-state index in [1.807, 2.05) is 25.1 Å². The van der Waals surface area contributed by atoms with Crippen LogP contribution in [0.5, 0.6) is 5.75 Å². The molecule has 3 atom stereocenters. The minimum Gasteiger partial charge on any atom is -0.487 e. The fourth-order valence-corrected chi connectivity index (χ4v) is 5.47. The van der Waals surface area contributed by atoms with Gasteiger partial charge in [0.05, 0.1) is 29.7 Å². The molecule has 0 unspecified atom stereocenters. The van der Waals surface area contributed by atoms with Crippen LogP contribution in [-0.4, -0.2) is 74.2 Å². The van der Waals surface area contributed by atoms with Gasteiger partial charge in [-0.1, -0.05) is 25.1 Å². The van der Waals surface area contributed by atoms with Gasteiger partial charge in [-0.2, -0.15) is 0 Å². The molecule has 10 nitrogen and oxygen atoms in total. The third-order valence-corrected chi connectivity index (χ3v) is 8.26. The standard InChI is InChI=1S/C29H33FN4O6S/c1-19-16-34(20(2)18-35)28(36)25-15-23(32-41(38,39)24-12-9-21(30)10-13-24)11-14-26(25)40-27(19)17-33(3)29(37)31-22-7-5-4-6-8-22/h4-15,19-20,27,32,35H,16-18H2,1-3H3,(H,31,37)/t19-,20-,27-/m0/s1. The quantitative estimate of drug-likeness (QED) is 0.367. The van der Waals surface area contributed by atoms with E-state index < -0.39 is 33.9 Å². The second kappa shape index (κ2) is 12.6. The van der Waals surface area contributed by atoms with E-state index in [2.05, 4.69) is 10.0 Å². The molecule has 3 aromatic rings. The predicted molar refractivity (Wildman–Crippen MR) is 153 cm³/mol. The summed E-state index contributed by atoms with van der Waals surface area (Å²) in [6.07, 6.45) is -0.538. The average molecular weight is 585 g/mol. The van der Waals surface area contributed by atoms with E-state index in [1.165, 1.54) is 28.0 Å². The van der Waals surface area contributed by atoms with E-state index in [0.29, 0.717) is 5.69 Å². The monoisotopic (exact) mass is 584 g/mol. The SMILES string of the molecule is C[C@H]1CN([C@@H](C)CO)C(=O)c2cc(NS(=O)(=O)c3ccc(F)cc3)ccc2O[C@H]1CN(C)C(=O)Nc1ccccc1. The number of carbonyl (C=O) groups is 2. The first-order chi connectivity index (χ1) is 19.5. The number of aliphatic hydroxyl groups is 1. The van der Waals surface area contributed by atoms with Crippen LogP contribution in [0, 0.1) is 11.7 Å². The van der Waals surface area contributed by atoms with Gasteiger partial charge in [0.1, 0.15) is 17.7 Å². The summed E-state index contributed by atoms with van der Waals surface area (Å²) in [7, 11) is -2.43. The predicted octanol–water partition coefficient (Wildman–Crippen LogP) is 4.01. The highest BCUT2D eigenvalue weighted by Gasteiger charge is 2.34.